The Balaban J connectivity index is 2.75. The van der Waals surface area contributed by atoms with E-state index < -0.39 is 6.17 Å². The van der Waals surface area contributed by atoms with E-state index >= 15 is 0 Å². The minimum absolute atomic E-state index is 0.316. The molecule has 1 atom stereocenters. The van der Waals surface area contributed by atoms with E-state index in [9.17, 15) is 5.21 Å². The molecule has 0 amide bonds. The molecule has 0 radical (unpaired) electrons. The molecular weight excluding hydrogens is 84.0 g/mol. The van der Waals surface area contributed by atoms with Gasteiger partial charge in [-0.3, -0.25) is 0 Å². The van der Waals surface area contributed by atoms with Crippen LogP contribution in [0.25, 0.3) is 0 Å². The Morgan fingerprint density at radius 3 is 2.50 bits per heavy atom. The first-order chi connectivity index (χ1) is 2.81. The van der Waals surface area contributed by atoms with E-state index in [0.717, 1.165) is 0 Å². The zero-order valence-corrected chi connectivity index (χ0v) is 3.22. The van der Waals surface area contributed by atoms with Crippen molar-refractivity contribution in [3.8, 4) is 0 Å². The van der Waals surface area contributed by atoms with Crippen LogP contribution in [0.3, 0.4) is 0 Å². The topological polar surface area (TPSA) is 81.3 Å². The van der Waals surface area contributed by atoms with Gasteiger partial charge in [0.2, 0.25) is 0 Å². The quantitative estimate of drug-likeness (QED) is 0.281. The summed E-state index contributed by atoms with van der Waals surface area (Å²) in [7, 11) is 0. The van der Waals surface area contributed by atoms with Crippen LogP contribution in [0.5, 0.6) is 0 Å². The number of nitrogens with one attached hydrogen (secondary N) is 1. The molecule has 0 fully saturated rings. The van der Waals surface area contributed by atoms with E-state index in [4.69, 9.17) is 10.8 Å². The molecule has 0 aromatic carbocycles. The van der Waals surface area contributed by atoms with Gasteiger partial charge in [-0.2, -0.15) is 0 Å². The number of hydroxylamine groups is 1. The zero-order valence-electron chi connectivity index (χ0n) is 3.22. The normalized spacial score (nSPS) is 14.5. The van der Waals surface area contributed by atoms with Crippen LogP contribution in [0.2, 0.25) is 0 Å². The van der Waals surface area contributed by atoms with Crippen LogP contribution in [0, 0.1) is 5.21 Å². The Kier molecular flexibility index (Phi) is 2.97. The molecule has 0 aliphatic rings. The monoisotopic (exact) mass is 91.1 g/mol. The summed E-state index contributed by atoms with van der Waals surface area (Å²) in [4.78, 5) is 0. The first-order valence-corrected chi connectivity index (χ1v) is 1.55. The van der Waals surface area contributed by atoms with Crippen molar-refractivity contribution in [1.82, 2.24) is 5.48 Å². The summed E-state index contributed by atoms with van der Waals surface area (Å²) in [5, 5.41) is 17.3. The zero-order chi connectivity index (χ0) is 4.99. The number of aliphatic hydroxyl groups is 1. The summed E-state index contributed by atoms with van der Waals surface area (Å²) < 4.78 is 0. The molecule has 4 nitrogen and oxygen atoms in total. The molecule has 0 aromatic heterocycles. The molecular formula is C2H7N2O2-. The first-order valence-electron chi connectivity index (χ1n) is 1.55. The van der Waals surface area contributed by atoms with Crippen molar-refractivity contribution >= 4 is 0 Å². The maximum absolute atomic E-state index is 9.33. The molecule has 0 saturated carbocycles. The van der Waals surface area contributed by atoms with Crippen molar-refractivity contribution in [3.05, 3.63) is 5.21 Å². The summed E-state index contributed by atoms with van der Waals surface area (Å²) in [5.74, 6) is 0. The fraction of sp³-hybridized carbons (Fsp3) is 1.00. The van der Waals surface area contributed by atoms with Crippen LogP contribution >= 0.6 is 0 Å². The van der Waals surface area contributed by atoms with Gasteiger partial charge in [-0.15, -0.1) is 0 Å². The van der Waals surface area contributed by atoms with Crippen LogP contribution in [-0.4, -0.2) is 17.9 Å². The van der Waals surface area contributed by atoms with Gasteiger partial charge in [0.1, 0.15) is 0 Å². The van der Waals surface area contributed by atoms with Crippen molar-refractivity contribution in [1.29, 1.82) is 0 Å². The van der Waals surface area contributed by atoms with Crippen LogP contribution < -0.4 is 11.2 Å². The van der Waals surface area contributed by atoms with Crippen molar-refractivity contribution in [3.63, 3.8) is 0 Å². The molecule has 6 heavy (non-hydrogen) atoms. The van der Waals surface area contributed by atoms with E-state index in [2.05, 4.69) is 0 Å². The van der Waals surface area contributed by atoms with Gasteiger partial charge in [0.15, 0.2) is 0 Å². The number of hydrogen-bond acceptors (Lipinski definition) is 4. The minimum atomic E-state index is -0.815. The van der Waals surface area contributed by atoms with Gasteiger partial charge in [-0.25, -0.2) is 0 Å². The van der Waals surface area contributed by atoms with E-state index in [0.29, 0.717) is 0 Å². The van der Waals surface area contributed by atoms with Crippen molar-refractivity contribution < 1.29 is 5.11 Å². The Morgan fingerprint density at radius 1 is 2.00 bits per heavy atom. The second-order valence-corrected chi connectivity index (χ2v) is 0.907. The Hall–Kier alpha value is -0.160. The highest BCUT2D eigenvalue weighted by Gasteiger charge is 1.84. The summed E-state index contributed by atoms with van der Waals surface area (Å²) in [6.07, 6.45) is -0.815. The third-order valence-electron chi connectivity index (χ3n) is 0.348. The van der Waals surface area contributed by atoms with Gasteiger partial charge in [-0.05, 0) is 0 Å². The van der Waals surface area contributed by atoms with E-state index in [1.165, 1.54) is 5.48 Å². The molecule has 0 saturated heterocycles. The van der Waals surface area contributed by atoms with Gasteiger partial charge >= 0.3 is 0 Å². The molecule has 1 unspecified atom stereocenters. The maximum atomic E-state index is 9.33. The molecule has 0 aliphatic carbocycles. The largest absolute Gasteiger partial charge is 0.787 e. The van der Waals surface area contributed by atoms with Gasteiger partial charge < -0.3 is 21.5 Å². The lowest BCUT2D eigenvalue weighted by Crippen LogP contribution is -2.36. The third kappa shape index (κ3) is 2.10. The Morgan fingerprint density at radius 2 is 2.50 bits per heavy atom. The average Bonchev–Trinajstić information content (AvgIpc) is 1.65. The lowest BCUT2D eigenvalue weighted by Gasteiger charge is -2.12. The molecule has 0 aromatic rings. The minimum Gasteiger partial charge on any atom is -0.787 e. The molecule has 0 rings (SSSR count). The van der Waals surface area contributed by atoms with E-state index in [1.807, 2.05) is 0 Å². The molecule has 4 heteroatoms. The van der Waals surface area contributed by atoms with Crippen LogP contribution in [-0.2, 0) is 0 Å². The van der Waals surface area contributed by atoms with E-state index in [1.54, 1.807) is 0 Å². The highest BCUT2D eigenvalue weighted by atomic mass is 16.5. The predicted molar refractivity (Wildman–Crippen MR) is 21.6 cm³/mol. The van der Waals surface area contributed by atoms with Crippen LogP contribution in [0.15, 0.2) is 0 Å². The summed E-state index contributed by atoms with van der Waals surface area (Å²) in [6.45, 7) is -0.316. The Labute approximate surface area is 35.5 Å². The highest BCUT2D eigenvalue weighted by Crippen LogP contribution is 1.59. The van der Waals surface area contributed by atoms with Crippen LogP contribution in [0.1, 0.15) is 0 Å². The molecule has 0 spiro atoms. The standard InChI is InChI=1S/C2H7N2O2/c3-2(1-5)4-6/h2,4-5H,1,3H2/q-1. The fourth-order valence-corrected chi connectivity index (χ4v) is 0.0373. The van der Waals surface area contributed by atoms with Gasteiger partial charge in [0.25, 0.3) is 0 Å². The highest BCUT2D eigenvalue weighted by molar-refractivity contribution is 4.52. The van der Waals surface area contributed by atoms with Gasteiger partial charge in [0.05, 0.1) is 12.8 Å². The number of hydrogen-bond donors (Lipinski definition) is 3. The lowest BCUT2D eigenvalue weighted by atomic mass is 10.6. The molecule has 4 N–H and O–H groups in total. The van der Waals surface area contributed by atoms with E-state index in [-0.39, 0.29) is 6.61 Å². The Bertz CT molecular complexity index is 28.7. The third-order valence-corrected chi connectivity index (χ3v) is 0.348. The number of aliphatic hydroxyl groups excluding tert-OH is 1. The summed E-state index contributed by atoms with van der Waals surface area (Å²) >= 11 is 0. The van der Waals surface area contributed by atoms with Crippen molar-refractivity contribution in [2.45, 2.75) is 6.17 Å². The lowest BCUT2D eigenvalue weighted by molar-refractivity contribution is 0.255. The smallest absolute Gasteiger partial charge is 0.0705 e. The number of rotatable bonds is 2. The fourth-order valence-electron chi connectivity index (χ4n) is 0.0373. The molecule has 0 aliphatic heterocycles. The summed E-state index contributed by atoms with van der Waals surface area (Å²) in [5.41, 5.74) is 6.19. The summed E-state index contributed by atoms with van der Waals surface area (Å²) in [6, 6.07) is 0. The predicted octanol–water partition coefficient (Wildman–Crippen LogP) is -1.65. The first kappa shape index (κ1) is 5.84. The molecule has 0 heterocycles. The number of nitrogens with two attached hydrogens (primary N) is 1. The molecule has 38 valence electrons. The second-order valence-electron chi connectivity index (χ2n) is 0.907. The SMILES string of the molecule is NC(CO)N[O-]. The average molecular weight is 91.1 g/mol. The van der Waals surface area contributed by atoms with Gasteiger partial charge in [-0.1, -0.05) is 0 Å². The second kappa shape index (κ2) is 3.05. The van der Waals surface area contributed by atoms with Crippen LogP contribution in [0.4, 0.5) is 0 Å². The van der Waals surface area contributed by atoms with Gasteiger partial charge in [0, 0.05) is 0 Å². The maximum Gasteiger partial charge on any atom is 0.0705 e. The van der Waals surface area contributed by atoms with Crippen molar-refractivity contribution in [2.24, 2.45) is 5.73 Å². The molecule has 0 bridgehead atoms. The van der Waals surface area contributed by atoms with Crippen molar-refractivity contribution in [2.75, 3.05) is 6.61 Å².